The van der Waals surface area contributed by atoms with Gasteiger partial charge in [-0.3, -0.25) is 4.79 Å². The molecular weight excluding hydrogens is 180 g/mol. The van der Waals surface area contributed by atoms with Crippen molar-refractivity contribution in [2.24, 2.45) is 5.92 Å². The number of aliphatic hydroxyl groups excluding tert-OH is 1. The third-order valence-electron chi connectivity index (χ3n) is 2.27. The Balaban J connectivity index is 3.47. The molecule has 0 aromatic carbocycles. The summed E-state index contributed by atoms with van der Waals surface area (Å²) in [5, 5.41) is 14.8. The molecule has 0 bridgehead atoms. The van der Waals surface area contributed by atoms with E-state index >= 15 is 0 Å². The van der Waals surface area contributed by atoms with Crippen LogP contribution in [-0.4, -0.2) is 37.3 Å². The van der Waals surface area contributed by atoms with E-state index < -0.39 is 0 Å². The summed E-state index contributed by atoms with van der Waals surface area (Å²) in [6.45, 7) is 5.05. The molecule has 0 aliphatic heterocycles. The van der Waals surface area contributed by atoms with Crippen molar-refractivity contribution in [1.29, 1.82) is 0 Å². The van der Waals surface area contributed by atoms with E-state index in [0.29, 0.717) is 12.3 Å². The van der Waals surface area contributed by atoms with Crippen molar-refractivity contribution in [3.63, 3.8) is 0 Å². The lowest BCUT2D eigenvalue weighted by Gasteiger charge is -2.19. The highest BCUT2D eigenvalue weighted by Gasteiger charge is 2.10. The molecule has 4 nitrogen and oxygen atoms in total. The summed E-state index contributed by atoms with van der Waals surface area (Å²) in [7, 11) is 1.64. The monoisotopic (exact) mass is 202 g/mol. The molecule has 0 spiro atoms. The molecule has 84 valence electrons. The molecule has 1 amide bonds. The molecule has 0 radical (unpaired) electrons. The summed E-state index contributed by atoms with van der Waals surface area (Å²) in [5.74, 6) is 0.483. The molecule has 0 aromatic rings. The highest BCUT2D eigenvalue weighted by atomic mass is 16.3. The Morgan fingerprint density at radius 2 is 2.07 bits per heavy atom. The Morgan fingerprint density at radius 3 is 2.50 bits per heavy atom. The Bertz CT molecular complexity index is 160. The molecule has 1 atom stereocenters. The second-order valence-electron chi connectivity index (χ2n) is 3.76. The van der Waals surface area contributed by atoms with Gasteiger partial charge in [0, 0.05) is 19.5 Å². The molecule has 0 aromatic heterocycles. The number of hydrogen-bond donors (Lipinski definition) is 3. The van der Waals surface area contributed by atoms with Crippen LogP contribution in [0.3, 0.4) is 0 Å². The van der Waals surface area contributed by atoms with Gasteiger partial charge in [-0.2, -0.15) is 0 Å². The smallest absolute Gasteiger partial charge is 0.219 e. The van der Waals surface area contributed by atoms with Crippen LogP contribution >= 0.6 is 0 Å². The van der Waals surface area contributed by atoms with Crippen LogP contribution in [0.4, 0.5) is 0 Å². The zero-order valence-corrected chi connectivity index (χ0v) is 9.34. The number of hydrogen-bond acceptors (Lipinski definition) is 3. The average molecular weight is 202 g/mol. The summed E-state index contributed by atoms with van der Waals surface area (Å²) < 4.78 is 0. The summed E-state index contributed by atoms with van der Waals surface area (Å²) in [5.41, 5.74) is 0. The fourth-order valence-corrected chi connectivity index (χ4v) is 1.17. The van der Waals surface area contributed by atoms with E-state index in [-0.39, 0.29) is 18.6 Å². The van der Waals surface area contributed by atoms with Crippen molar-refractivity contribution in [2.45, 2.75) is 32.7 Å². The molecule has 0 heterocycles. The first-order chi connectivity index (χ1) is 6.61. The van der Waals surface area contributed by atoms with Gasteiger partial charge in [0.25, 0.3) is 0 Å². The quantitative estimate of drug-likeness (QED) is 0.514. The number of carbonyl (C=O) groups is 1. The summed E-state index contributed by atoms with van der Waals surface area (Å²) >= 11 is 0. The molecule has 0 saturated carbocycles. The van der Waals surface area contributed by atoms with Crippen LogP contribution in [0.1, 0.15) is 26.7 Å². The fraction of sp³-hybridized carbons (Fsp3) is 0.900. The zero-order valence-electron chi connectivity index (χ0n) is 9.34. The minimum absolute atomic E-state index is 0.0666. The van der Waals surface area contributed by atoms with E-state index in [2.05, 4.69) is 24.5 Å². The van der Waals surface area contributed by atoms with Gasteiger partial charge >= 0.3 is 0 Å². The number of amides is 1. The fourth-order valence-electron chi connectivity index (χ4n) is 1.17. The molecule has 0 unspecified atom stereocenters. The predicted octanol–water partition coefficient (Wildman–Crippen LogP) is 0.119. The maximum Gasteiger partial charge on any atom is 0.219 e. The van der Waals surface area contributed by atoms with Crippen molar-refractivity contribution >= 4 is 5.91 Å². The van der Waals surface area contributed by atoms with Crippen LogP contribution in [0.25, 0.3) is 0 Å². The Labute approximate surface area is 86.1 Å². The highest BCUT2D eigenvalue weighted by molar-refractivity contribution is 5.75. The maximum absolute atomic E-state index is 10.9. The lowest BCUT2D eigenvalue weighted by molar-refractivity contribution is -0.120. The molecule has 14 heavy (non-hydrogen) atoms. The SMILES string of the molecule is CNC(=O)CCCN[C@H](CO)C(C)C. The summed E-state index contributed by atoms with van der Waals surface area (Å²) in [6, 6.07) is 0.139. The largest absolute Gasteiger partial charge is 0.395 e. The number of rotatable bonds is 7. The van der Waals surface area contributed by atoms with Crippen LogP contribution in [0.2, 0.25) is 0 Å². The molecule has 0 rings (SSSR count). The van der Waals surface area contributed by atoms with Crippen molar-refractivity contribution in [3.05, 3.63) is 0 Å². The first-order valence-corrected chi connectivity index (χ1v) is 5.16. The van der Waals surface area contributed by atoms with Crippen LogP contribution < -0.4 is 10.6 Å². The van der Waals surface area contributed by atoms with Crippen LogP contribution in [0, 0.1) is 5.92 Å². The molecule has 0 saturated heterocycles. The molecular formula is C10H22N2O2. The average Bonchev–Trinajstić information content (AvgIpc) is 2.16. The second kappa shape index (κ2) is 7.76. The van der Waals surface area contributed by atoms with Gasteiger partial charge in [-0.15, -0.1) is 0 Å². The van der Waals surface area contributed by atoms with Crippen LogP contribution in [0.5, 0.6) is 0 Å². The van der Waals surface area contributed by atoms with Gasteiger partial charge in [-0.25, -0.2) is 0 Å². The third kappa shape index (κ3) is 5.94. The minimum Gasteiger partial charge on any atom is -0.395 e. The topological polar surface area (TPSA) is 61.4 Å². The summed E-state index contributed by atoms with van der Waals surface area (Å²) in [4.78, 5) is 10.9. The number of aliphatic hydroxyl groups is 1. The van der Waals surface area contributed by atoms with Gasteiger partial charge in [0.15, 0.2) is 0 Å². The standard InChI is InChI=1S/C10H22N2O2/c1-8(2)9(7-13)12-6-4-5-10(14)11-3/h8-9,12-13H,4-7H2,1-3H3,(H,11,14)/t9-/m1/s1. The Morgan fingerprint density at radius 1 is 1.43 bits per heavy atom. The van der Waals surface area contributed by atoms with Gasteiger partial charge in [0.05, 0.1) is 6.61 Å². The normalized spacial score (nSPS) is 12.9. The summed E-state index contributed by atoms with van der Waals surface area (Å²) in [6.07, 6.45) is 1.35. The Hall–Kier alpha value is -0.610. The van der Waals surface area contributed by atoms with Gasteiger partial charge in [0.1, 0.15) is 0 Å². The van der Waals surface area contributed by atoms with Gasteiger partial charge in [-0.05, 0) is 18.9 Å². The predicted molar refractivity (Wildman–Crippen MR) is 57.0 cm³/mol. The molecule has 3 N–H and O–H groups in total. The van der Waals surface area contributed by atoms with Gasteiger partial charge in [-0.1, -0.05) is 13.8 Å². The van der Waals surface area contributed by atoms with Gasteiger partial charge in [0.2, 0.25) is 5.91 Å². The number of nitrogens with one attached hydrogen (secondary N) is 2. The molecule has 0 aliphatic carbocycles. The lowest BCUT2D eigenvalue weighted by Crippen LogP contribution is -2.37. The van der Waals surface area contributed by atoms with Crippen molar-refractivity contribution in [1.82, 2.24) is 10.6 Å². The first kappa shape index (κ1) is 13.4. The van der Waals surface area contributed by atoms with E-state index in [4.69, 9.17) is 5.11 Å². The van der Waals surface area contributed by atoms with Crippen LogP contribution in [0.15, 0.2) is 0 Å². The lowest BCUT2D eigenvalue weighted by atomic mass is 10.1. The zero-order chi connectivity index (χ0) is 11.0. The second-order valence-corrected chi connectivity index (χ2v) is 3.76. The molecule has 0 aliphatic rings. The number of carbonyl (C=O) groups excluding carboxylic acids is 1. The minimum atomic E-state index is 0.0666. The van der Waals surface area contributed by atoms with E-state index in [9.17, 15) is 4.79 Å². The Kier molecular flexibility index (Phi) is 7.42. The van der Waals surface area contributed by atoms with Crippen molar-refractivity contribution in [3.8, 4) is 0 Å². The van der Waals surface area contributed by atoms with Crippen LogP contribution in [-0.2, 0) is 4.79 Å². The van der Waals surface area contributed by atoms with E-state index in [1.54, 1.807) is 7.05 Å². The highest BCUT2D eigenvalue weighted by Crippen LogP contribution is 2.00. The van der Waals surface area contributed by atoms with Crippen molar-refractivity contribution < 1.29 is 9.90 Å². The van der Waals surface area contributed by atoms with E-state index in [1.807, 2.05) is 0 Å². The first-order valence-electron chi connectivity index (χ1n) is 5.16. The molecule has 0 fully saturated rings. The van der Waals surface area contributed by atoms with E-state index in [1.165, 1.54) is 0 Å². The van der Waals surface area contributed by atoms with Gasteiger partial charge < -0.3 is 15.7 Å². The molecule has 4 heteroatoms. The van der Waals surface area contributed by atoms with Crippen molar-refractivity contribution in [2.75, 3.05) is 20.2 Å². The van der Waals surface area contributed by atoms with E-state index in [0.717, 1.165) is 13.0 Å². The third-order valence-corrected chi connectivity index (χ3v) is 2.27. The maximum atomic E-state index is 10.9.